The van der Waals surface area contributed by atoms with Gasteiger partial charge in [0, 0.05) is 40.9 Å². The maximum atomic E-state index is 6.59. The molecule has 0 atom stereocenters. The Hall–Kier alpha value is -5.16. The van der Waals surface area contributed by atoms with E-state index in [2.05, 4.69) is 145 Å². The van der Waals surface area contributed by atoms with Crippen molar-refractivity contribution in [2.45, 2.75) is 87.0 Å². The SMILES string of the molecule is Cc1cc(C)c(CCC(C)C)c(-c2cnn(-c3cccc(Oc4ccc5c6ccccc6n(-c6cc(C(C)C)ccn6)c5c4)c3)c2)c1CCC(C)C. The third-order valence-electron chi connectivity index (χ3n) is 10.4. The number of hydrogen-bond acceptors (Lipinski definition) is 3. The zero-order valence-electron chi connectivity index (χ0n) is 32.1. The molecule has 0 spiro atoms. The van der Waals surface area contributed by atoms with Crippen LogP contribution in [0, 0.1) is 25.7 Å². The number of benzene rings is 4. The number of rotatable bonds is 12. The molecular formula is C47H52N4O. The Bertz CT molecular complexity index is 2320. The van der Waals surface area contributed by atoms with Gasteiger partial charge in [0.2, 0.25) is 0 Å². The lowest BCUT2D eigenvalue weighted by Crippen LogP contribution is -2.05. The third kappa shape index (κ3) is 7.14. The molecule has 5 nitrogen and oxygen atoms in total. The van der Waals surface area contributed by atoms with Gasteiger partial charge >= 0.3 is 0 Å². The molecule has 52 heavy (non-hydrogen) atoms. The summed E-state index contributed by atoms with van der Waals surface area (Å²) in [6.07, 6.45) is 10.7. The molecule has 7 rings (SSSR count). The van der Waals surface area contributed by atoms with Gasteiger partial charge in [-0.15, -0.1) is 0 Å². The summed E-state index contributed by atoms with van der Waals surface area (Å²) in [4.78, 5) is 4.82. The number of nitrogens with zero attached hydrogens (tertiary/aromatic N) is 4. The van der Waals surface area contributed by atoms with E-state index in [4.69, 9.17) is 14.8 Å². The van der Waals surface area contributed by atoms with E-state index in [1.54, 1.807) is 0 Å². The Labute approximate surface area is 309 Å². The Morgan fingerprint density at radius 2 is 1.37 bits per heavy atom. The van der Waals surface area contributed by atoms with Crippen LogP contribution in [0.5, 0.6) is 11.5 Å². The maximum Gasteiger partial charge on any atom is 0.137 e. The van der Waals surface area contributed by atoms with E-state index in [9.17, 15) is 0 Å². The second-order valence-corrected chi connectivity index (χ2v) is 15.6. The molecule has 3 heterocycles. The molecule has 0 aliphatic rings. The number of aromatic nitrogens is 4. The Morgan fingerprint density at radius 3 is 2.08 bits per heavy atom. The summed E-state index contributed by atoms with van der Waals surface area (Å²) in [6.45, 7) is 18.3. The standard InChI is InChI=1S/C47H52N4O/c1-30(2)16-19-40-33(7)24-34(8)41(20-17-31(3)4)47(40)36-28-49-50(29-36)37-12-11-13-38(26-37)52-39-18-21-43-42-14-9-10-15-44(42)51(45(43)27-39)46-25-35(32(5)6)22-23-48-46/h9-15,18,21-32H,16-17,19-20H2,1-8H3. The van der Waals surface area contributed by atoms with E-state index < -0.39 is 0 Å². The van der Waals surface area contributed by atoms with E-state index in [-0.39, 0.29) is 0 Å². The molecule has 0 saturated heterocycles. The van der Waals surface area contributed by atoms with Crippen molar-refractivity contribution >= 4 is 21.8 Å². The number of hydrogen-bond donors (Lipinski definition) is 0. The number of para-hydroxylation sites is 1. The van der Waals surface area contributed by atoms with Crippen molar-refractivity contribution in [3.63, 3.8) is 0 Å². The molecule has 0 N–H and O–H groups in total. The fourth-order valence-corrected chi connectivity index (χ4v) is 7.53. The van der Waals surface area contributed by atoms with Gasteiger partial charge in [-0.3, -0.25) is 4.57 Å². The Morgan fingerprint density at radius 1 is 0.673 bits per heavy atom. The van der Waals surface area contributed by atoms with Gasteiger partial charge in [-0.1, -0.05) is 71.9 Å². The van der Waals surface area contributed by atoms with Crippen LogP contribution in [0.4, 0.5) is 0 Å². The molecular weight excluding hydrogens is 637 g/mol. The average molecular weight is 689 g/mol. The first-order valence-corrected chi connectivity index (χ1v) is 19.0. The van der Waals surface area contributed by atoms with Crippen LogP contribution in [0.3, 0.4) is 0 Å². The van der Waals surface area contributed by atoms with Crippen molar-refractivity contribution < 1.29 is 4.74 Å². The van der Waals surface area contributed by atoms with Crippen molar-refractivity contribution in [1.29, 1.82) is 0 Å². The lowest BCUT2D eigenvalue weighted by Gasteiger charge is -2.21. The summed E-state index contributed by atoms with van der Waals surface area (Å²) >= 11 is 0. The van der Waals surface area contributed by atoms with E-state index in [1.807, 2.05) is 23.0 Å². The first-order valence-electron chi connectivity index (χ1n) is 19.0. The number of ether oxygens (including phenoxy) is 1. The molecule has 0 bridgehead atoms. The highest BCUT2D eigenvalue weighted by Gasteiger charge is 2.19. The second-order valence-electron chi connectivity index (χ2n) is 15.6. The molecule has 7 aromatic rings. The van der Waals surface area contributed by atoms with Crippen LogP contribution < -0.4 is 4.74 Å². The van der Waals surface area contributed by atoms with Crippen molar-refractivity contribution in [2.24, 2.45) is 11.8 Å². The Kier molecular flexibility index (Phi) is 10.1. The van der Waals surface area contributed by atoms with Gasteiger partial charge in [0.05, 0.1) is 22.9 Å². The molecule has 3 aromatic heterocycles. The van der Waals surface area contributed by atoms with Gasteiger partial charge in [0.25, 0.3) is 0 Å². The number of fused-ring (bicyclic) bond motifs is 3. The molecule has 0 aliphatic heterocycles. The molecule has 0 aliphatic carbocycles. The predicted octanol–water partition coefficient (Wildman–Crippen LogP) is 12.7. The third-order valence-corrected chi connectivity index (χ3v) is 10.4. The smallest absolute Gasteiger partial charge is 0.137 e. The topological polar surface area (TPSA) is 44.9 Å². The summed E-state index contributed by atoms with van der Waals surface area (Å²) in [7, 11) is 0. The van der Waals surface area contributed by atoms with Crippen molar-refractivity contribution in [3.8, 4) is 34.1 Å². The van der Waals surface area contributed by atoms with Crippen molar-refractivity contribution in [3.05, 3.63) is 131 Å². The predicted molar refractivity (Wildman–Crippen MR) is 218 cm³/mol. The molecule has 0 saturated carbocycles. The van der Waals surface area contributed by atoms with Crippen LogP contribution in [-0.2, 0) is 12.8 Å². The Balaban J connectivity index is 1.24. The molecule has 5 heteroatoms. The minimum absolute atomic E-state index is 0.409. The van der Waals surface area contributed by atoms with E-state index in [0.29, 0.717) is 17.8 Å². The van der Waals surface area contributed by atoms with Crippen LogP contribution in [0.25, 0.3) is 44.4 Å². The lowest BCUT2D eigenvalue weighted by atomic mass is 9.84. The largest absolute Gasteiger partial charge is 0.457 e. The fraction of sp³-hybridized carbons (Fsp3) is 0.319. The highest BCUT2D eigenvalue weighted by molar-refractivity contribution is 6.09. The van der Waals surface area contributed by atoms with Gasteiger partial charge in [-0.25, -0.2) is 9.67 Å². The van der Waals surface area contributed by atoms with Crippen LogP contribution in [0.2, 0.25) is 0 Å². The van der Waals surface area contributed by atoms with Gasteiger partial charge in [0.15, 0.2) is 0 Å². The van der Waals surface area contributed by atoms with Crippen LogP contribution in [-0.4, -0.2) is 19.3 Å². The average Bonchev–Trinajstić information content (AvgIpc) is 3.74. The summed E-state index contributed by atoms with van der Waals surface area (Å²) in [5.74, 6) is 4.15. The highest BCUT2D eigenvalue weighted by Crippen LogP contribution is 2.38. The van der Waals surface area contributed by atoms with Crippen LogP contribution in [0.1, 0.15) is 88.1 Å². The van der Waals surface area contributed by atoms with E-state index in [0.717, 1.165) is 46.9 Å². The lowest BCUT2D eigenvalue weighted by molar-refractivity contribution is 0.483. The molecule has 0 fully saturated rings. The fourth-order valence-electron chi connectivity index (χ4n) is 7.53. The molecule has 4 aromatic carbocycles. The van der Waals surface area contributed by atoms with Crippen LogP contribution in [0.15, 0.2) is 104 Å². The summed E-state index contributed by atoms with van der Waals surface area (Å²) in [5.41, 5.74) is 12.7. The van der Waals surface area contributed by atoms with Gasteiger partial charge < -0.3 is 4.74 Å². The minimum Gasteiger partial charge on any atom is -0.457 e. The van der Waals surface area contributed by atoms with Crippen LogP contribution >= 0.6 is 0 Å². The zero-order valence-corrected chi connectivity index (χ0v) is 32.1. The molecule has 0 amide bonds. The monoisotopic (exact) mass is 688 g/mol. The normalized spacial score (nSPS) is 11.9. The quantitative estimate of drug-likeness (QED) is 0.128. The summed E-state index contributed by atoms with van der Waals surface area (Å²) in [6, 6.07) is 29.8. The number of pyridine rings is 1. The molecule has 266 valence electrons. The van der Waals surface area contributed by atoms with Crippen molar-refractivity contribution in [2.75, 3.05) is 0 Å². The zero-order chi connectivity index (χ0) is 36.5. The molecule has 0 unspecified atom stereocenters. The first kappa shape index (κ1) is 35.3. The highest BCUT2D eigenvalue weighted by atomic mass is 16.5. The minimum atomic E-state index is 0.409. The molecule has 0 radical (unpaired) electrons. The van der Waals surface area contributed by atoms with E-state index >= 15 is 0 Å². The maximum absolute atomic E-state index is 6.59. The summed E-state index contributed by atoms with van der Waals surface area (Å²) < 4.78 is 10.8. The number of aryl methyl sites for hydroxylation is 2. The second kappa shape index (κ2) is 14.8. The van der Waals surface area contributed by atoms with E-state index in [1.165, 1.54) is 62.6 Å². The summed E-state index contributed by atoms with van der Waals surface area (Å²) in [5, 5.41) is 7.29. The van der Waals surface area contributed by atoms with Gasteiger partial charge in [-0.05, 0) is 133 Å². The van der Waals surface area contributed by atoms with Crippen molar-refractivity contribution in [1.82, 2.24) is 19.3 Å². The van der Waals surface area contributed by atoms with Gasteiger partial charge in [0.1, 0.15) is 17.3 Å². The first-order chi connectivity index (χ1) is 25.1. The van der Waals surface area contributed by atoms with Gasteiger partial charge in [-0.2, -0.15) is 5.10 Å².